The first-order valence-corrected chi connectivity index (χ1v) is 6.57. The van der Waals surface area contributed by atoms with Crippen molar-refractivity contribution < 1.29 is 8.91 Å². The number of hydrogen-bond acceptors (Lipinski definition) is 4. The number of nitrogens with two attached hydrogens (primary N) is 1. The van der Waals surface area contributed by atoms with Crippen LogP contribution in [0.4, 0.5) is 10.3 Å². The molecule has 0 fully saturated rings. The molecule has 0 spiro atoms. The summed E-state index contributed by atoms with van der Waals surface area (Å²) in [6.45, 7) is 0. The number of aromatic nitrogens is 2. The van der Waals surface area contributed by atoms with Crippen molar-refractivity contribution in [3.63, 3.8) is 0 Å². The van der Waals surface area contributed by atoms with Crippen LogP contribution in [-0.4, -0.2) is 10.1 Å². The second-order valence-corrected chi connectivity index (χ2v) is 5.05. The highest BCUT2D eigenvalue weighted by Gasteiger charge is 2.20. The molecule has 4 nitrogen and oxygen atoms in total. The van der Waals surface area contributed by atoms with Crippen molar-refractivity contribution in [2.45, 2.75) is 0 Å². The standard InChI is InChI=1S/C14H9BrFN3O/c15-9-1-2-11(16)10(7-9)13-12(14(17)20-19-13)8-3-5-18-6-4-8/h1-7H,17H2. The Kier molecular flexibility index (Phi) is 3.23. The number of benzene rings is 1. The largest absolute Gasteiger partial charge is 0.367 e. The van der Waals surface area contributed by atoms with Gasteiger partial charge < -0.3 is 10.3 Å². The summed E-state index contributed by atoms with van der Waals surface area (Å²) in [6.07, 6.45) is 3.26. The fraction of sp³-hybridized carbons (Fsp3) is 0. The molecule has 0 atom stereocenters. The molecule has 0 aliphatic rings. The lowest BCUT2D eigenvalue weighted by Crippen LogP contribution is -1.90. The van der Waals surface area contributed by atoms with Gasteiger partial charge in [-0.15, -0.1) is 0 Å². The molecule has 0 saturated heterocycles. The molecule has 0 amide bonds. The Balaban J connectivity index is 2.24. The lowest BCUT2D eigenvalue weighted by atomic mass is 10.0. The van der Waals surface area contributed by atoms with Gasteiger partial charge in [-0.05, 0) is 35.9 Å². The fourth-order valence-corrected chi connectivity index (χ4v) is 2.32. The van der Waals surface area contributed by atoms with Crippen LogP contribution in [0.5, 0.6) is 0 Å². The number of nitrogen functional groups attached to an aromatic ring is 1. The predicted octanol–water partition coefficient (Wildman–Crippen LogP) is 3.89. The van der Waals surface area contributed by atoms with Crippen molar-refractivity contribution in [3.05, 3.63) is 53.0 Å². The maximum atomic E-state index is 14.0. The van der Waals surface area contributed by atoms with Crippen molar-refractivity contribution >= 4 is 21.8 Å². The van der Waals surface area contributed by atoms with Crippen molar-refractivity contribution in [1.29, 1.82) is 0 Å². The molecule has 3 rings (SSSR count). The van der Waals surface area contributed by atoms with Crippen molar-refractivity contribution in [2.24, 2.45) is 0 Å². The topological polar surface area (TPSA) is 64.9 Å². The van der Waals surface area contributed by atoms with Gasteiger partial charge in [0.2, 0.25) is 5.88 Å². The molecule has 2 N–H and O–H groups in total. The normalized spacial score (nSPS) is 10.7. The number of pyridine rings is 1. The minimum Gasteiger partial charge on any atom is -0.367 e. The Morgan fingerprint density at radius 2 is 1.90 bits per heavy atom. The molecule has 3 aromatic rings. The molecular formula is C14H9BrFN3O. The summed E-state index contributed by atoms with van der Waals surface area (Å²) in [4.78, 5) is 3.95. The zero-order chi connectivity index (χ0) is 14.1. The predicted molar refractivity (Wildman–Crippen MR) is 77.2 cm³/mol. The van der Waals surface area contributed by atoms with Crippen LogP contribution in [0.25, 0.3) is 22.4 Å². The summed E-state index contributed by atoms with van der Waals surface area (Å²) in [7, 11) is 0. The Labute approximate surface area is 122 Å². The molecule has 1 aromatic carbocycles. The number of halogens is 2. The summed E-state index contributed by atoms with van der Waals surface area (Å²) in [6, 6.07) is 8.15. The lowest BCUT2D eigenvalue weighted by Gasteiger charge is -2.04. The van der Waals surface area contributed by atoms with Gasteiger partial charge in [-0.2, -0.15) is 0 Å². The van der Waals surface area contributed by atoms with E-state index >= 15 is 0 Å². The highest BCUT2D eigenvalue weighted by molar-refractivity contribution is 9.10. The molecule has 6 heteroatoms. The molecule has 0 unspecified atom stereocenters. The van der Waals surface area contributed by atoms with E-state index in [0.717, 1.165) is 10.0 Å². The third kappa shape index (κ3) is 2.18. The first-order chi connectivity index (χ1) is 9.66. The van der Waals surface area contributed by atoms with E-state index in [9.17, 15) is 4.39 Å². The number of nitrogens with zero attached hydrogens (tertiary/aromatic N) is 2. The molecule has 2 heterocycles. The van der Waals surface area contributed by atoms with Crippen LogP contribution in [0.3, 0.4) is 0 Å². The Hall–Kier alpha value is -2.21. The van der Waals surface area contributed by atoms with Gasteiger partial charge in [0.1, 0.15) is 11.5 Å². The van der Waals surface area contributed by atoms with E-state index in [2.05, 4.69) is 26.1 Å². The monoisotopic (exact) mass is 333 g/mol. The molecule has 0 radical (unpaired) electrons. The molecule has 100 valence electrons. The summed E-state index contributed by atoms with van der Waals surface area (Å²) in [5.41, 5.74) is 7.84. The van der Waals surface area contributed by atoms with Crippen molar-refractivity contribution in [1.82, 2.24) is 10.1 Å². The van der Waals surface area contributed by atoms with Crippen LogP contribution >= 0.6 is 15.9 Å². The Bertz CT molecular complexity index is 758. The fourth-order valence-electron chi connectivity index (χ4n) is 1.96. The molecule has 20 heavy (non-hydrogen) atoms. The highest BCUT2D eigenvalue weighted by Crippen LogP contribution is 2.37. The van der Waals surface area contributed by atoms with Gasteiger partial charge in [-0.25, -0.2) is 4.39 Å². The summed E-state index contributed by atoms with van der Waals surface area (Å²) < 4.78 is 19.8. The zero-order valence-corrected chi connectivity index (χ0v) is 11.8. The average Bonchev–Trinajstić information content (AvgIpc) is 2.84. The average molecular weight is 334 g/mol. The molecule has 0 aliphatic heterocycles. The van der Waals surface area contributed by atoms with Crippen LogP contribution in [0, 0.1) is 5.82 Å². The van der Waals surface area contributed by atoms with Gasteiger partial charge in [0.15, 0.2) is 0 Å². The molecule has 0 saturated carbocycles. The summed E-state index contributed by atoms with van der Waals surface area (Å²) in [5.74, 6) is -0.248. The van der Waals surface area contributed by atoms with E-state index in [1.807, 2.05) is 0 Å². The molecule has 0 bridgehead atoms. The third-order valence-corrected chi connectivity index (χ3v) is 3.36. The highest BCUT2D eigenvalue weighted by atomic mass is 79.9. The number of anilines is 1. The Morgan fingerprint density at radius 3 is 2.65 bits per heavy atom. The van der Waals surface area contributed by atoms with Crippen molar-refractivity contribution in [3.8, 4) is 22.4 Å². The number of rotatable bonds is 2. The van der Waals surface area contributed by atoms with E-state index in [-0.39, 0.29) is 5.88 Å². The van der Waals surface area contributed by atoms with E-state index in [4.69, 9.17) is 10.3 Å². The molecular weight excluding hydrogens is 325 g/mol. The Morgan fingerprint density at radius 1 is 1.15 bits per heavy atom. The van der Waals surface area contributed by atoms with Gasteiger partial charge in [0.25, 0.3) is 0 Å². The first kappa shape index (κ1) is 12.8. The van der Waals surface area contributed by atoms with E-state index in [1.54, 1.807) is 36.7 Å². The van der Waals surface area contributed by atoms with Crippen LogP contribution in [-0.2, 0) is 0 Å². The second-order valence-electron chi connectivity index (χ2n) is 4.13. The molecule has 0 aliphatic carbocycles. The van der Waals surface area contributed by atoms with E-state index in [0.29, 0.717) is 16.8 Å². The van der Waals surface area contributed by atoms with Gasteiger partial charge in [-0.3, -0.25) is 4.98 Å². The summed E-state index contributed by atoms with van der Waals surface area (Å²) >= 11 is 3.31. The molecule has 2 aromatic heterocycles. The minimum absolute atomic E-state index is 0.144. The third-order valence-electron chi connectivity index (χ3n) is 2.87. The van der Waals surface area contributed by atoms with Crippen LogP contribution in [0.1, 0.15) is 0 Å². The van der Waals surface area contributed by atoms with Crippen LogP contribution in [0.2, 0.25) is 0 Å². The first-order valence-electron chi connectivity index (χ1n) is 5.78. The smallest absolute Gasteiger partial charge is 0.230 e. The zero-order valence-electron chi connectivity index (χ0n) is 10.2. The maximum Gasteiger partial charge on any atom is 0.230 e. The SMILES string of the molecule is Nc1onc(-c2cc(Br)ccc2F)c1-c1ccncc1. The number of hydrogen-bond donors (Lipinski definition) is 1. The van der Waals surface area contributed by atoms with E-state index < -0.39 is 5.82 Å². The maximum absolute atomic E-state index is 14.0. The van der Waals surface area contributed by atoms with Gasteiger partial charge in [-0.1, -0.05) is 21.1 Å². The quantitative estimate of drug-likeness (QED) is 0.772. The second kappa shape index (κ2) is 5.05. The van der Waals surface area contributed by atoms with E-state index in [1.165, 1.54) is 6.07 Å². The minimum atomic E-state index is -0.392. The van der Waals surface area contributed by atoms with Gasteiger partial charge in [0.05, 0.1) is 5.56 Å². The van der Waals surface area contributed by atoms with Crippen LogP contribution < -0.4 is 5.73 Å². The van der Waals surface area contributed by atoms with Gasteiger partial charge in [0, 0.05) is 22.4 Å². The summed E-state index contributed by atoms with van der Waals surface area (Å²) in [5, 5.41) is 3.88. The van der Waals surface area contributed by atoms with Crippen molar-refractivity contribution in [2.75, 3.05) is 5.73 Å². The lowest BCUT2D eigenvalue weighted by molar-refractivity contribution is 0.439. The van der Waals surface area contributed by atoms with Gasteiger partial charge >= 0.3 is 0 Å². The van der Waals surface area contributed by atoms with Crippen LogP contribution in [0.15, 0.2) is 51.7 Å².